The summed E-state index contributed by atoms with van der Waals surface area (Å²) in [5.41, 5.74) is 2.06. The van der Waals surface area contributed by atoms with Crippen LogP contribution in [-0.4, -0.2) is 60.2 Å². The Labute approximate surface area is 241 Å². The Morgan fingerprint density at radius 2 is 1.85 bits per heavy atom. The average molecular weight is 577 g/mol. The lowest BCUT2D eigenvalue weighted by Crippen LogP contribution is -2.44. The second kappa shape index (κ2) is 11.5. The van der Waals surface area contributed by atoms with Gasteiger partial charge in [0.2, 0.25) is 5.91 Å². The number of nitrogens with zero attached hydrogens (tertiary/aromatic N) is 2. The van der Waals surface area contributed by atoms with E-state index in [-0.39, 0.29) is 24.8 Å². The Hall–Kier alpha value is -4.57. The number of likely N-dealkylation sites (tertiary alicyclic amines) is 1. The van der Waals surface area contributed by atoms with Crippen LogP contribution in [0, 0.1) is 0 Å². The number of nitrogens with one attached hydrogen (secondary N) is 2. The number of benzene rings is 3. The van der Waals surface area contributed by atoms with Crippen molar-refractivity contribution in [3.05, 3.63) is 94.5 Å². The third-order valence-corrected chi connectivity index (χ3v) is 7.70. The van der Waals surface area contributed by atoms with Gasteiger partial charge in [0, 0.05) is 54.3 Å². The molecule has 1 saturated heterocycles. The van der Waals surface area contributed by atoms with Crippen molar-refractivity contribution in [2.45, 2.75) is 30.9 Å². The summed E-state index contributed by atoms with van der Waals surface area (Å²) in [7, 11) is 1.42. The number of hydrogen-bond donors (Lipinski definition) is 3. The lowest BCUT2D eigenvalue weighted by molar-refractivity contribution is -0.131. The Bertz CT molecular complexity index is 1480. The Balaban J connectivity index is 1.31. The second-order valence-electron chi connectivity index (χ2n) is 10.2. The molecule has 4 amide bonds. The SMILES string of the molecule is CN(C(=O)O)c1ccc(C(=O)N[C@H](CC(=O)N2CCC3(C2)OC(=O)Nc2ccc(Cl)cc23)Cc2ccccc2)cc1. The molecule has 0 bridgehead atoms. The predicted octanol–water partition coefficient (Wildman–Crippen LogP) is 4.88. The maximum absolute atomic E-state index is 13.6. The molecule has 3 aromatic rings. The van der Waals surface area contributed by atoms with E-state index in [1.165, 1.54) is 7.05 Å². The molecule has 1 unspecified atom stereocenters. The molecule has 0 aromatic heterocycles. The molecule has 0 radical (unpaired) electrons. The zero-order valence-electron chi connectivity index (χ0n) is 22.3. The number of rotatable bonds is 7. The van der Waals surface area contributed by atoms with Gasteiger partial charge in [-0.1, -0.05) is 41.9 Å². The van der Waals surface area contributed by atoms with Crippen molar-refractivity contribution >= 4 is 47.0 Å². The molecule has 2 atom stereocenters. The molecule has 0 saturated carbocycles. The molecule has 3 aromatic carbocycles. The van der Waals surface area contributed by atoms with E-state index in [0.717, 1.165) is 16.0 Å². The van der Waals surface area contributed by atoms with Crippen LogP contribution in [0.3, 0.4) is 0 Å². The van der Waals surface area contributed by atoms with E-state index < -0.39 is 23.8 Å². The van der Waals surface area contributed by atoms with Crippen LogP contribution in [-0.2, 0) is 21.6 Å². The largest absolute Gasteiger partial charge is 0.465 e. The number of halogens is 1. The Morgan fingerprint density at radius 3 is 2.56 bits per heavy atom. The number of fused-ring (bicyclic) bond motifs is 2. The summed E-state index contributed by atoms with van der Waals surface area (Å²) in [4.78, 5) is 53.0. The summed E-state index contributed by atoms with van der Waals surface area (Å²) in [5, 5.41) is 15.4. The fraction of sp³-hybridized carbons (Fsp3) is 0.267. The van der Waals surface area contributed by atoms with Crippen LogP contribution in [0.2, 0.25) is 5.02 Å². The van der Waals surface area contributed by atoms with Crippen LogP contribution >= 0.6 is 11.6 Å². The van der Waals surface area contributed by atoms with Gasteiger partial charge in [0.15, 0.2) is 5.60 Å². The van der Waals surface area contributed by atoms with Gasteiger partial charge in [-0.05, 0) is 54.4 Å². The smallest absolute Gasteiger partial charge is 0.412 e. The zero-order valence-corrected chi connectivity index (χ0v) is 23.1. The standard InChI is InChI=1S/C30H29ClN4O6/c1-34(29(39)40)23-10-7-20(8-11-23)27(37)32-22(15-19-5-3-2-4-6-19)17-26(36)35-14-13-30(18-35)24-16-21(31)9-12-25(24)33-28(38)41-30/h2-12,16,22H,13-15,17-18H2,1H3,(H,32,37)(H,33,38)(H,39,40)/t22-,30?/m0/s1. The molecular weight excluding hydrogens is 548 g/mol. The molecule has 5 rings (SSSR count). The fourth-order valence-corrected chi connectivity index (χ4v) is 5.47. The van der Waals surface area contributed by atoms with Crippen LogP contribution in [0.4, 0.5) is 21.0 Å². The van der Waals surface area contributed by atoms with E-state index in [1.807, 2.05) is 30.3 Å². The molecule has 11 heteroatoms. The third-order valence-electron chi connectivity index (χ3n) is 7.47. The quantitative estimate of drug-likeness (QED) is 0.368. The van der Waals surface area contributed by atoms with Crippen molar-refractivity contribution in [2.24, 2.45) is 0 Å². The van der Waals surface area contributed by atoms with Gasteiger partial charge in [0.05, 0.1) is 12.2 Å². The number of carbonyl (C=O) groups is 4. The minimum Gasteiger partial charge on any atom is -0.465 e. The maximum atomic E-state index is 13.6. The lowest BCUT2D eigenvalue weighted by Gasteiger charge is -2.35. The highest BCUT2D eigenvalue weighted by atomic mass is 35.5. The van der Waals surface area contributed by atoms with E-state index >= 15 is 0 Å². The van der Waals surface area contributed by atoms with E-state index in [9.17, 15) is 24.3 Å². The number of carboxylic acid groups (broad SMARTS) is 1. The van der Waals surface area contributed by atoms with Gasteiger partial charge >= 0.3 is 12.2 Å². The van der Waals surface area contributed by atoms with Gasteiger partial charge < -0.3 is 20.1 Å². The van der Waals surface area contributed by atoms with Gasteiger partial charge in [0.1, 0.15) is 0 Å². The van der Waals surface area contributed by atoms with E-state index in [2.05, 4.69) is 10.6 Å². The normalized spacial score (nSPS) is 18.2. The van der Waals surface area contributed by atoms with Gasteiger partial charge in [-0.3, -0.25) is 19.8 Å². The molecule has 2 heterocycles. The molecule has 41 heavy (non-hydrogen) atoms. The first kappa shape index (κ1) is 28.0. The fourth-order valence-electron chi connectivity index (χ4n) is 5.30. The van der Waals surface area contributed by atoms with E-state index in [4.69, 9.17) is 16.3 Å². The number of hydrogen-bond acceptors (Lipinski definition) is 5. The predicted molar refractivity (Wildman–Crippen MR) is 153 cm³/mol. The van der Waals surface area contributed by atoms with Crippen LogP contribution in [0.25, 0.3) is 0 Å². The minimum atomic E-state index is -1.11. The van der Waals surface area contributed by atoms with E-state index in [1.54, 1.807) is 47.4 Å². The molecule has 0 aliphatic carbocycles. The van der Waals surface area contributed by atoms with Crippen molar-refractivity contribution in [1.82, 2.24) is 10.2 Å². The molecule has 1 spiro atoms. The summed E-state index contributed by atoms with van der Waals surface area (Å²) in [6.45, 7) is 0.555. The average Bonchev–Trinajstić information content (AvgIpc) is 3.38. The van der Waals surface area contributed by atoms with Crippen molar-refractivity contribution in [1.29, 1.82) is 0 Å². The number of anilines is 2. The highest BCUT2D eigenvalue weighted by Gasteiger charge is 2.48. The van der Waals surface area contributed by atoms with Crippen molar-refractivity contribution in [3.8, 4) is 0 Å². The van der Waals surface area contributed by atoms with Crippen LogP contribution in [0.5, 0.6) is 0 Å². The van der Waals surface area contributed by atoms with Crippen molar-refractivity contribution in [2.75, 3.05) is 30.4 Å². The van der Waals surface area contributed by atoms with Gasteiger partial charge in [-0.15, -0.1) is 0 Å². The van der Waals surface area contributed by atoms with Gasteiger partial charge in [0.25, 0.3) is 5.91 Å². The number of amides is 4. The van der Waals surface area contributed by atoms with Crippen molar-refractivity contribution < 1.29 is 29.0 Å². The number of ether oxygens (including phenoxy) is 1. The van der Waals surface area contributed by atoms with Crippen LogP contribution < -0.4 is 15.5 Å². The minimum absolute atomic E-state index is 0.0329. The topological polar surface area (TPSA) is 128 Å². The number of carbonyl (C=O) groups excluding carboxylic acids is 3. The van der Waals surface area contributed by atoms with Crippen LogP contribution in [0.15, 0.2) is 72.8 Å². The summed E-state index contributed by atoms with van der Waals surface area (Å²) < 4.78 is 5.75. The maximum Gasteiger partial charge on any atom is 0.412 e. The monoisotopic (exact) mass is 576 g/mol. The summed E-state index contributed by atoms with van der Waals surface area (Å²) >= 11 is 6.24. The third kappa shape index (κ3) is 6.12. The van der Waals surface area contributed by atoms with Crippen LogP contribution in [0.1, 0.15) is 34.3 Å². The molecule has 212 valence electrons. The highest BCUT2D eigenvalue weighted by molar-refractivity contribution is 6.30. The van der Waals surface area contributed by atoms with E-state index in [0.29, 0.717) is 41.3 Å². The molecular formula is C30H29ClN4O6. The Kier molecular flexibility index (Phi) is 7.85. The summed E-state index contributed by atoms with van der Waals surface area (Å²) in [6, 6.07) is 20.4. The second-order valence-corrected chi connectivity index (χ2v) is 10.7. The van der Waals surface area contributed by atoms with Crippen molar-refractivity contribution in [3.63, 3.8) is 0 Å². The molecule has 1 fully saturated rings. The molecule has 10 nitrogen and oxygen atoms in total. The first-order valence-corrected chi connectivity index (χ1v) is 13.5. The highest BCUT2D eigenvalue weighted by Crippen LogP contribution is 2.43. The lowest BCUT2D eigenvalue weighted by atomic mass is 9.90. The Morgan fingerprint density at radius 1 is 1.12 bits per heavy atom. The summed E-state index contributed by atoms with van der Waals surface area (Å²) in [6.07, 6.45) is -0.812. The molecule has 2 aliphatic heterocycles. The molecule has 2 aliphatic rings. The molecule has 3 N–H and O–H groups in total. The zero-order chi connectivity index (χ0) is 29.1. The first-order chi connectivity index (χ1) is 19.6. The first-order valence-electron chi connectivity index (χ1n) is 13.1. The van der Waals surface area contributed by atoms with Gasteiger partial charge in [-0.2, -0.15) is 0 Å². The summed E-state index contributed by atoms with van der Waals surface area (Å²) in [5.74, 6) is -0.559. The van der Waals surface area contributed by atoms with Gasteiger partial charge in [-0.25, -0.2) is 9.59 Å².